The molecule has 0 saturated carbocycles. The topological polar surface area (TPSA) is 79.9 Å². The molecule has 26 heavy (non-hydrogen) atoms. The molecule has 0 radical (unpaired) electrons. The van der Waals surface area contributed by atoms with E-state index in [2.05, 4.69) is 20.2 Å². The molecule has 0 aliphatic carbocycles. The Bertz CT molecular complexity index is 1050. The molecule has 3 heterocycles. The summed E-state index contributed by atoms with van der Waals surface area (Å²) in [5.41, 5.74) is 3.57. The lowest BCUT2D eigenvalue weighted by molar-refractivity contribution is 0.398. The number of fused-ring (bicyclic) bond motifs is 1. The monoisotopic (exact) mass is 350 g/mol. The third-order valence-electron chi connectivity index (χ3n) is 4.05. The van der Waals surface area contributed by atoms with Crippen LogP contribution in [0, 0.1) is 6.92 Å². The van der Waals surface area contributed by atoms with Gasteiger partial charge < -0.3 is 9.47 Å². The highest BCUT2D eigenvalue weighted by atomic mass is 16.5. The van der Waals surface area contributed by atoms with Crippen LogP contribution in [0.15, 0.2) is 42.9 Å². The summed E-state index contributed by atoms with van der Waals surface area (Å²) in [5, 5.41) is 8.71. The zero-order chi connectivity index (χ0) is 18.1. The summed E-state index contributed by atoms with van der Waals surface area (Å²) < 4.78 is 14.1. The molecule has 0 aliphatic heterocycles. The highest BCUT2D eigenvalue weighted by Gasteiger charge is 2.16. The van der Waals surface area contributed by atoms with Crippen LogP contribution in [0.5, 0.6) is 11.6 Å². The standard InChI is InChI=1S/C18H18N6O2/c1-12-8-19-24(10-12)18-21-15-9-20-23(16(15)17(22-18)26-3)11-13-4-6-14(25-2)7-5-13/h4-10H,11H2,1-3H3. The lowest BCUT2D eigenvalue weighted by Gasteiger charge is -2.09. The number of benzene rings is 1. The first-order chi connectivity index (χ1) is 12.7. The summed E-state index contributed by atoms with van der Waals surface area (Å²) in [6.45, 7) is 2.54. The number of ether oxygens (including phenoxy) is 2. The molecule has 0 bridgehead atoms. The molecule has 132 valence electrons. The van der Waals surface area contributed by atoms with Crippen LogP contribution in [0.3, 0.4) is 0 Å². The Hall–Kier alpha value is -3.42. The quantitative estimate of drug-likeness (QED) is 0.550. The van der Waals surface area contributed by atoms with Crippen LogP contribution in [0.25, 0.3) is 17.0 Å². The molecule has 0 amide bonds. The van der Waals surface area contributed by atoms with Gasteiger partial charge in [-0.1, -0.05) is 12.1 Å². The zero-order valence-electron chi connectivity index (χ0n) is 14.7. The van der Waals surface area contributed by atoms with Crippen molar-refractivity contribution in [3.05, 3.63) is 54.0 Å². The normalized spacial score (nSPS) is 11.0. The van der Waals surface area contributed by atoms with Gasteiger partial charge in [-0.15, -0.1) is 0 Å². The minimum atomic E-state index is 0.450. The lowest BCUT2D eigenvalue weighted by Crippen LogP contribution is -2.07. The third kappa shape index (κ3) is 2.85. The molecule has 0 aliphatic rings. The van der Waals surface area contributed by atoms with Crippen LogP contribution in [-0.2, 0) is 6.54 Å². The fraction of sp³-hybridized carbons (Fsp3) is 0.222. The number of aryl methyl sites for hydroxylation is 1. The molecular weight excluding hydrogens is 332 g/mol. The molecule has 4 aromatic rings. The van der Waals surface area contributed by atoms with Crippen molar-refractivity contribution in [1.82, 2.24) is 29.5 Å². The molecule has 3 aromatic heterocycles. The molecule has 8 heteroatoms. The van der Waals surface area contributed by atoms with Gasteiger partial charge in [0.1, 0.15) is 16.8 Å². The van der Waals surface area contributed by atoms with Crippen molar-refractivity contribution in [2.75, 3.05) is 14.2 Å². The summed E-state index contributed by atoms with van der Waals surface area (Å²) >= 11 is 0. The van der Waals surface area contributed by atoms with E-state index >= 15 is 0 Å². The number of hydrogen-bond donors (Lipinski definition) is 0. The van der Waals surface area contributed by atoms with Crippen molar-refractivity contribution < 1.29 is 9.47 Å². The van der Waals surface area contributed by atoms with Gasteiger partial charge in [-0.3, -0.25) is 4.68 Å². The summed E-state index contributed by atoms with van der Waals surface area (Å²) in [6, 6.07) is 7.85. The third-order valence-corrected chi connectivity index (χ3v) is 4.05. The molecule has 0 fully saturated rings. The van der Waals surface area contributed by atoms with Crippen molar-refractivity contribution in [2.45, 2.75) is 13.5 Å². The minimum absolute atomic E-state index is 0.450. The Morgan fingerprint density at radius 3 is 2.42 bits per heavy atom. The molecule has 0 unspecified atom stereocenters. The first-order valence-electron chi connectivity index (χ1n) is 8.10. The maximum Gasteiger partial charge on any atom is 0.254 e. The number of methoxy groups -OCH3 is 2. The number of aromatic nitrogens is 6. The first-order valence-corrected chi connectivity index (χ1v) is 8.10. The van der Waals surface area contributed by atoms with Crippen molar-refractivity contribution in [1.29, 1.82) is 0 Å². The fourth-order valence-electron chi connectivity index (χ4n) is 2.74. The molecule has 0 N–H and O–H groups in total. The maximum absolute atomic E-state index is 5.50. The largest absolute Gasteiger partial charge is 0.497 e. The van der Waals surface area contributed by atoms with Crippen LogP contribution in [0.4, 0.5) is 0 Å². The van der Waals surface area contributed by atoms with Gasteiger partial charge in [0.25, 0.3) is 5.95 Å². The van der Waals surface area contributed by atoms with Gasteiger partial charge in [-0.25, -0.2) is 9.67 Å². The molecule has 4 rings (SSSR count). The zero-order valence-corrected chi connectivity index (χ0v) is 14.7. The number of rotatable bonds is 5. The summed E-state index contributed by atoms with van der Waals surface area (Å²) in [7, 11) is 3.24. The SMILES string of the molecule is COc1ccc(Cn2ncc3nc(-n4cc(C)cn4)nc(OC)c32)cc1. The second-order valence-electron chi connectivity index (χ2n) is 5.88. The average molecular weight is 350 g/mol. The van der Waals surface area contributed by atoms with E-state index in [-0.39, 0.29) is 0 Å². The first kappa shape index (κ1) is 16.1. The van der Waals surface area contributed by atoms with Gasteiger partial charge >= 0.3 is 0 Å². The Balaban J connectivity index is 1.74. The van der Waals surface area contributed by atoms with Crippen molar-refractivity contribution in [3.8, 4) is 17.6 Å². The van der Waals surface area contributed by atoms with Gasteiger partial charge in [0.2, 0.25) is 5.88 Å². The molecule has 1 aromatic carbocycles. The maximum atomic E-state index is 5.50. The Kier molecular flexibility index (Phi) is 4.00. The van der Waals surface area contributed by atoms with Gasteiger partial charge in [0, 0.05) is 6.20 Å². The van der Waals surface area contributed by atoms with Gasteiger partial charge in [0.15, 0.2) is 0 Å². The van der Waals surface area contributed by atoms with Crippen LogP contribution < -0.4 is 9.47 Å². The minimum Gasteiger partial charge on any atom is -0.497 e. The summed E-state index contributed by atoms with van der Waals surface area (Å²) in [4.78, 5) is 9.05. The van der Waals surface area contributed by atoms with Crippen LogP contribution in [0.2, 0.25) is 0 Å². The number of hydrogen-bond acceptors (Lipinski definition) is 6. The lowest BCUT2D eigenvalue weighted by atomic mass is 10.2. The second kappa shape index (κ2) is 6.47. The number of nitrogens with zero attached hydrogens (tertiary/aromatic N) is 6. The second-order valence-corrected chi connectivity index (χ2v) is 5.88. The highest BCUT2D eigenvalue weighted by molar-refractivity contribution is 5.80. The Morgan fingerprint density at radius 2 is 1.77 bits per heavy atom. The average Bonchev–Trinajstić information content (AvgIpc) is 3.28. The van der Waals surface area contributed by atoms with Crippen LogP contribution in [0.1, 0.15) is 11.1 Å². The highest BCUT2D eigenvalue weighted by Crippen LogP contribution is 2.24. The van der Waals surface area contributed by atoms with Gasteiger partial charge in [-0.05, 0) is 30.2 Å². The van der Waals surface area contributed by atoms with E-state index < -0.39 is 0 Å². The molecule has 0 atom stereocenters. The smallest absolute Gasteiger partial charge is 0.254 e. The van der Waals surface area contributed by atoms with E-state index in [4.69, 9.17) is 9.47 Å². The summed E-state index contributed by atoms with van der Waals surface area (Å²) in [6.07, 6.45) is 5.33. The van der Waals surface area contributed by atoms with E-state index in [1.807, 2.05) is 42.1 Å². The van der Waals surface area contributed by atoms with Crippen LogP contribution >= 0.6 is 0 Å². The van der Waals surface area contributed by atoms with E-state index in [1.54, 1.807) is 31.3 Å². The predicted molar refractivity (Wildman–Crippen MR) is 95.8 cm³/mol. The Morgan fingerprint density at radius 1 is 0.962 bits per heavy atom. The van der Waals surface area contributed by atoms with Crippen molar-refractivity contribution >= 4 is 11.0 Å². The van der Waals surface area contributed by atoms with Crippen LogP contribution in [-0.4, -0.2) is 43.7 Å². The van der Waals surface area contributed by atoms with E-state index in [1.165, 1.54) is 0 Å². The molecule has 0 spiro atoms. The van der Waals surface area contributed by atoms with E-state index in [9.17, 15) is 0 Å². The van der Waals surface area contributed by atoms with Gasteiger partial charge in [-0.2, -0.15) is 15.2 Å². The fourth-order valence-corrected chi connectivity index (χ4v) is 2.74. The van der Waals surface area contributed by atoms with Crippen molar-refractivity contribution in [2.24, 2.45) is 0 Å². The van der Waals surface area contributed by atoms with Gasteiger partial charge in [0.05, 0.1) is 33.2 Å². The molecular formula is C18H18N6O2. The molecule has 0 saturated heterocycles. The Labute approximate surface area is 150 Å². The van der Waals surface area contributed by atoms with E-state index in [0.29, 0.717) is 23.9 Å². The summed E-state index contributed by atoms with van der Waals surface area (Å²) in [5.74, 6) is 1.73. The van der Waals surface area contributed by atoms with Crippen molar-refractivity contribution in [3.63, 3.8) is 0 Å². The predicted octanol–water partition coefficient (Wildman–Crippen LogP) is 2.39. The molecule has 8 nitrogen and oxygen atoms in total. The van der Waals surface area contributed by atoms with E-state index in [0.717, 1.165) is 22.4 Å².